The molecular formula is C13H29NSi. The Bertz CT molecular complexity index is 154. The third kappa shape index (κ3) is 6.16. The molecule has 1 nitrogen and oxygen atoms in total. The van der Waals surface area contributed by atoms with Crippen LogP contribution in [0.15, 0.2) is 11.8 Å². The fraction of sp³-hybridized carbons (Fsp3) is 0.846. The quantitative estimate of drug-likeness (QED) is 0.464. The Balaban J connectivity index is 3.80. The van der Waals surface area contributed by atoms with E-state index in [9.17, 15) is 0 Å². The minimum absolute atomic E-state index is 1.01. The van der Waals surface area contributed by atoms with Gasteiger partial charge in [0, 0.05) is 6.54 Å². The first-order valence-electron chi connectivity index (χ1n) is 6.63. The summed E-state index contributed by atoms with van der Waals surface area (Å²) in [4.78, 5) is 0. The zero-order valence-corrected chi connectivity index (χ0v) is 12.1. The van der Waals surface area contributed by atoms with E-state index in [1.54, 1.807) is 0 Å². The zero-order chi connectivity index (χ0) is 11.6. The second-order valence-corrected chi connectivity index (χ2v) is 9.56. The van der Waals surface area contributed by atoms with Gasteiger partial charge in [0.1, 0.15) is 0 Å². The van der Waals surface area contributed by atoms with Crippen molar-refractivity contribution < 1.29 is 0 Å². The van der Waals surface area contributed by atoms with Gasteiger partial charge in [0.25, 0.3) is 0 Å². The van der Waals surface area contributed by atoms with Crippen molar-refractivity contribution in [3.63, 3.8) is 0 Å². The lowest BCUT2D eigenvalue weighted by Crippen LogP contribution is -2.29. The molecule has 0 aromatic carbocycles. The van der Waals surface area contributed by atoms with E-state index < -0.39 is 8.07 Å². The molecule has 2 heteroatoms. The predicted octanol–water partition coefficient (Wildman–Crippen LogP) is 3.98. The molecule has 0 spiro atoms. The van der Waals surface area contributed by atoms with Gasteiger partial charge >= 0.3 is 0 Å². The molecule has 0 saturated carbocycles. The summed E-state index contributed by atoms with van der Waals surface area (Å²) in [5.74, 6) is 0. The van der Waals surface area contributed by atoms with E-state index in [4.69, 9.17) is 0 Å². The lowest BCUT2D eigenvalue weighted by atomic mass is 10.3. The summed E-state index contributed by atoms with van der Waals surface area (Å²) in [6.07, 6.45) is 4.96. The SMILES string of the molecule is CCCCNCC=C[Si](CC)(CC)CC. The Hall–Kier alpha value is -0.0831. The average molecular weight is 227 g/mol. The maximum atomic E-state index is 3.47. The van der Waals surface area contributed by atoms with Gasteiger partial charge < -0.3 is 5.32 Å². The summed E-state index contributed by atoms with van der Waals surface area (Å²) in [7, 11) is -1.01. The molecule has 0 aromatic rings. The van der Waals surface area contributed by atoms with Gasteiger partial charge in [0.2, 0.25) is 0 Å². The van der Waals surface area contributed by atoms with Gasteiger partial charge in [0.15, 0.2) is 0 Å². The van der Waals surface area contributed by atoms with Gasteiger partial charge in [-0.25, -0.2) is 0 Å². The second kappa shape index (κ2) is 9.17. The molecule has 0 unspecified atom stereocenters. The van der Waals surface area contributed by atoms with E-state index in [-0.39, 0.29) is 0 Å². The highest BCUT2D eigenvalue weighted by atomic mass is 28.3. The van der Waals surface area contributed by atoms with Crippen molar-refractivity contribution in [2.24, 2.45) is 0 Å². The molecule has 0 aliphatic carbocycles. The summed E-state index contributed by atoms with van der Waals surface area (Å²) in [5, 5.41) is 3.47. The van der Waals surface area contributed by atoms with E-state index >= 15 is 0 Å². The average Bonchev–Trinajstić information content (AvgIpc) is 2.29. The zero-order valence-electron chi connectivity index (χ0n) is 11.1. The Labute approximate surface area is 97.4 Å². The van der Waals surface area contributed by atoms with Crippen LogP contribution >= 0.6 is 0 Å². The lowest BCUT2D eigenvalue weighted by molar-refractivity contribution is 0.681. The normalized spacial score (nSPS) is 12.5. The van der Waals surface area contributed by atoms with E-state index in [1.165, 1.54) is 37.5 Å². The van der Waals surface area contributed by atoms with Crippen molar-refractivity contribution in [2.45, 2.75) is 58.7 Å². The molecule has 0 aromatic heterocycles. The Morgan fingerprint density at radius 1 is 1.00 bits per heavy atom. The molecule has 1 N–H and O–H groups in total. The van der Waals surface area contributed by atoms with Gasteiger partial charge in [0.05, 0.1) is 8.07 Å². The van der Waals surface area contributed by atoms with Crippen LogP contribution in [0.5, 0.6) is 0 Å². The van der Waals surface area contributed by atoms with E-state index in [2.05, 4.69) is 44.8 Å². The third-order valence-corrected chi connectivity index (χ3v) is 8.72. The fourth-order valence-corrected chi connectivity index (χ4v) is 4.72. The van der Waals surface area contributed by atoms with Crippen LogP contribution < -0.4 is 5.32 Å². The summed E-state index contributed by atoms with van der Waals surface area (Å²) >= 11 is 0. The van der Waals surface area contributed by atoms with Crippen LogP contribution in [0.2, 0.25) is 18.1 Å². The number of rotatable bonds is 9. The van der Waals surface area contributed by atoms with Crippen LogP contribution in [0, 0.1) is 0 Å². The molecule has 0 heterocycles. The van der Waals surface area contributed by atoms with Crippen LogP contribution in [0.4, 0.5) is 0 Å². The lowest BCUT2D eigenvalue weighted by Gasteiger charge is -2.23. The molecule has 0 aliphatic rings. The van der Waals surface area contributed by atoms with Crippen molar-refractivity contribution in [1.82, 2.24) is 5.32 Å². The van der Waals surface area contributed by atoms with Crippen molar-refractivity contribution in [1.29, 1.82) is 0 Å². The Morgan fingerprint density at radius 3 is 2.07 bits per heavy atom. The van der Waals surface area contributed by atoms with E-state index in [0.29, 0.717) is 0 Å². The van der Waals surface area contributed by atoms with Gasteiger partial charge in [-0.15, -0.1) is 0 Å². The monoisotopic (exact) mass is 227 g/mol. The molecule has 0 atom stereocenters. The number of hydrogen-bond donors (Lipinski definition) is 1. The Kier molecular flexibility index (Phi) is 9.11. The van der Waals surface area contributed by atoms with Gasteiger partial charge in [-0.3, -0.25) is 0 Å². The first-order valence-corrected chi connectivity index (χ1v) is 9.33. The van der Waals surface area contributed by atoms with Gasteiger partial charge in [-0.1, -0.05) is 64.0 Å². The molecule has 0 radical (unpaired) electrons. The smallest absolute Gasteiger partial charge is 0.0766 e. The maximum Gasteiger partial charge on any atom is 0.0766 e. The summed E-state index contributed by atoms with van der Waals surface area (Å²) in [6.45, 7) is 11.5. The minimum Gasteiger partial charge on any atom is -0.313 e. The number of nitrogens with one attached hydrogen (secondary N) is 1. The molecule has 15 heavy (non-hydrogen) atoms. The Morgan fingerprint density at radius 2 is 1.60 bits per heavy atom. The fourth-order valence-electron chi connectivity index (χ4n) is 1.90. The first kappa shape index (κ1) is 14.9. The molecule has 0 fully saturated rings. The third-order valence-electron chi connectivity index (χ3n) is 3.55. The maximum absolute atomic E-state index is 3.47. The van der Waals surface area contributed by atoms with Crippen molar-refractivity contribution >= 4 is 8.07 Å². The largest absolute Gasteiger partial charge is 0.313 e. The van der Waals surface area contributed by atoms with Crippen LogP contribution in [0.25, 0.3) is 0 Å². The number of unbranched alkanes of at least 4 members (excludes halogenated alkanes) is 1. The summed E-state index contributed by atoms with van der Waals surface area (Å²) in [6, 6.07) is 4.18. The molecule has 0 rings (SSSR count). The van der Waals surface area contributed by atoms with Gasteiger partial charge in [-0.2, -0.15) is 0 Å². The molecule has 0 amide bonds. The highest BCUT2D eigenvalue weighted by molar-refractivity contribution is 6.84. The highest BCUT2D eigenvalue weighted by Gasteiger charge is 2.22. The molecular weight excluding hydrogens is 198 g/mol. The van der Waals surface area contributed by atoms with Gasteiger partial charge in [-0.05, 0) is 13.0 Å². The molecule has 0 saturated heterocycles. The van der Waals surface area contributed by atoms with Crippen LogP contribution in [-0.2, 0) is 0 Å². The molecule has 90 valence electrons. The van der Waals surface area contributed by atoms with Crippen molar-refractivity contribution in [3.05, 3.63) is 11.8 Å². The highest BCUT2D eigenvalue weighted by Crippen LogP contribution is 2.21. The minimum atomic E-state index is -1.01. The molecule has 0 aliphatic heterocycles. The van der Waals surface area contributed by atoms with Crippen molar-refractivity contribution in [3.8, 4) is 0 Å². The van der Waals surface area contributed by atoms with Crippen LogP contribution in [-0.4, -0.2) is 21.2 Å². The van der Waals surface area contributed by atoms with Crippen LogP contribution in [0.3, 0.4) is 0 Å². The predicted molar refractivity (Wildman–Crippen MR) is 74.1 cm³/mol. The summed E-state index contributed by atoms with van der Waals surface area (Å²) < 4.78 is 0. The second-order valence-electron chi connectivity index (χ2n) is 4.38. The molecule has 0 bridgehead atoms. The van der Waals surface area contributed by atoms with E-state index in [0.717, 1.165) is 6.54 Å². The van der Waals surface area contributed by atoms with E-state index in [1.807, 2.05) is 0 Å². The van der Waals surface area contributed by atoms with Crippen molar-refractivity contribution in [2.75, 3.05) is 13.1 Å². The standard InChI is InChI=1S/C13H29NSi/c1-5-9-11-14-12-10-13-15(6-2,7-3)8-4/h10,13-14H,5-9,11-12H2,1-4H3. The summed E-state index contributed by atoms with van der Waals surface area (Å²) in [5.41, 5.74) is 2.56. The van der Waals surface area contributed by atoms with Crippen LogP contribution in [0.1, 0.15) is 40.5 Å². The first-order chi connectivity index (χ1) is 7.24. The topological polar surface area (TPSA) is 12.0 Å². The number of hydrogen-bond acceptors (Lipinski definition) is 1.